The fourth-order valence-corrected chi connectivity index (χ4v) is 2.41. The number of aromatic nitrogens is 1. The summed E-state index contributed by atoms with van der Waals surface area (Å²) in [6, 6.07) is 4.54. The number of nitriles is 1. The number of carboxylic acid groups (broad SMARTS) is 2. The first-order chi connectivity index (χ1) is 10.4. The number of allylic oxidation sites excluding steroid dienone is 2. The van der Waals surface area contributed by atoms with Crippen molar-refractivity contribution in [2.75, 3.05) is 0 Å². The van der Waals surface area contributed by atoms with E-state index in [0.717, 1.165) is 6.20 Å². The van der Waals surface area contributed by atoms with Crippen LogP contribution < -0.4 is 10.0 Å². The number of nitrogens with one attached hydrogen (secondary N) is 1. The van der Waals surface area contributed by atoms with Gasteiger partial charge in [-0.1, -0.05) is 0 Å². The van der Waals surface area contributed by atoms with E-state index in [1.165, 1.54) is 25.3 Å². The second-order valence-electron chi connectivity index (χ2n) is 4.60. The number of dihydropyridines is 1. The third kappa shape index (κ3) is 2.47. The molecule has 8 heteroatoms. The molecule has 1 unspecified atom stereocenters. The van der Waals surface area contributed by atoms with Crippen LogP contribution in [0.3, 0.4) is 0 Å². The van der Waals surface area contributed by atoms with E-state index in [9.17, 15) is 25.0 Å². The van der Waals surface area contributed by atoms with E-state index in [1.807, 2.05) is 0 Å². The highest BCUT2D eigenvalue weighted by molar-refractivity contribution is 5.98. The summed E-state index contributed by atoms with van der Waals surface area (Å²) in [5.74, 6) is -3.97. The molecule has 0 saturated carbocycles. The first-order valence-electron chi connectivity index (χ1n) is 6.14. The molecule has 1 aromatic heterocycles. The Bertz CT molecular complexity index is 773. The summed E-state index contributed by atoms with van der Waals surface area (Å²) in [7, 11) is 0. The molecule has 8 nitrogen and oxygen atoms in total. The highest BCUT2D eigenvalue weighted by atomic mass is 16.5. The van der Waals surface area contributed by atoms with Crippen molar-refractivity contribution in [1.29, 1.82) is 5.26 Å². The summed E-state index contributed by atoms with van der Waals surface area (Å²) in [4.78, 5) is 23.0. The predicted octanol–water partition coefficient (Wildman–Crippen LogP) is 0.228. The molecule has 1 aliphatic heterocycles. The van der Waals surface area contributed by atoms with Crippen molar-refractivity contribution < 1.29 is 24.5 Å². The summed E-state index contributed by atoms with van der Waals surface area (Å²) in [5, 5.41) is 41.8. The van der Waals surface area contributed by atoms with Crippen molar-refractivity contribution >= 4 is 11.9 Å². The summed E-state index contributed by atoms with van der Waals surface area (Å²) in [5.41, 5.74) is -0.540. The van der Waals surface area contributed by atoms with Crippen LogP contribution in [0, 0.1) is 16.5 Å². The highest BCUT2D eigenvalue weighted by Crippen LogP contribution is 2.37. The molecule has 0 aliphatic carbocycles. The van der Waals surface area contributed by atoms with Gasteiger partial charge in [-0.2, -0.15) is 9.99 Å². The van der Waals surface area contributed by atoms with Crippen molar-refractivity contribution in [3.05, 3.63) is 57.8 Å². The lowest BCUT2D eigenvalue weighted by atomic mass is 9.81. The first-order valence-corrected chi connectivity index (χ1v) is 6.14. The van der Waals surface area contributed by atoms with Crippen molar-refractivity contribution in [3.63, 3.8) is 0 Å². The van der Waals surface area contributed by atoms with Gasteiger partial charge in [-0.25, -0.2) is 9.59 Å². The minimum atomic E-state index is -1.43. The summed E-state index contributed by atoms with van der Waals surface area (Å²) >= 11 is 0. The third-order valence-electron chi connectivity index (χ3n) is 3.27. The minimum Gasteiger partial charge on any atom is -0.619 e. The molecule has 0 bridgehead atoms. The van der Waals surface area contributed by atoms with Crippen LogP contribution in [0.4, 0.5) is 0 Å². The normalized spacial score (nSPS) is 17.7. The monoisotopic (exact) mass is 301 g/mol. The maximum atomic E-state index is 11.5. The molecule has 22 heavy (non-hydrogen) atoms. The molecule has 3 N–H and O–H groups in total. The molecular formula is C14H11N3O5. The molecule has 0 spiro atoms. The highest BCUT2D eigenvalue weighted by Gasteiger charge is 2.38. The maximum Gasteiger partial charge on any atom is 0.335 e. The molecule has 112 valence electrons. The zero-order chi connectivity index (χ0) is 16.4. The van der Waals surface area contributed by atoms with Crippen LogP contribution in [0.25, 0.3) is 0 Å². The Labute approximate surface area is 124 Å². The molecule has 0 fully saturated rings. The predicted molar refractivity (Wildman–Crippen MR) is 71.9 cm³/mol. The second-order valence-corrected chi connectivity index (χ2v) is 4.60. The number of carbonyl (C=O) groups is 2. The van der Waals surface area contributed by atoms with Crippen molar-refractivity contribution in [2.24, 2.45) is 0 Å². The number of pyridine rings is 1. The van der Waals surface area contributed by atoms with Gasteiger partial charge in [0.25, 0.3) is 0 Å². The number of carboxylic acids is 2. The van der Waals surface area contributed by atoms with Crippen LogP contribution in [0.1, 0.15) is 18.4 Å². The van der Waals surface area contributed by atoms with Gasteiger partial charge in [0.15, 0.2) is 12.4 Å². The fraction of sp³-hybridized carbons (Fsp3) is 0.143. The average Bonchev–Trinajstić information content (AvgIpc) is 2.45. The van der Waals surface area contributed by atoms with Gasteiger partial charge in [-0.05, 0) is 13.0 Å². The van der Waals surface area contributed by atoms with Crippen molar-refractivity contribution in [3.8, 4) is 6.07 Å². The summed E-state index contributed by atoms with van der Waals surface area (Å²) in [6.45, 7) is 1.43. The van der Waals surface area contributed by atoms with E-state index in [1.54, 1.807) is 6.07 Å². The molecule has 1 aromatic rings. The zero-order valence-electron chi connectivity index (χ0n) is 11.4. The Hall–Kier alpha value is -3.34. The van der Waals surface area contributed by atoms with E-state index in [-0.39, 0.29) is 22.5 Å². The van der Waals surface area contributed by atoms with Gasteiger partial charge in [0.05, 0.1) is 17.1 Å². The lowest BCUT2D eigenvalue weighted by molar-refractivity contribution is -0.605. The topological polar surface area (TPSA) is 137 Å². The lowest BCUT2D eigenvalue weighted by Crippen LogP contribution is -2.33. The SMILES string of the molecule is CC1=C(C(=O)O)C(c2ccc[n+]([O-])c2)C(C(=O)O)=C(C#N)N1. The molecule has 0 amide bonds. The molecule has 0 radical (unpaired) electrons. The Morgan fingerprint density at radius 2 is 2.00 bits per heavy atom. The summed E-state index contributed by atoms with van der Waals surface area (Å²) in [6.07, 6.45) is 2.28. The van der Waals surface area contributed by atoms with Gasteiger partial charge in [-0.3, -0.25) is 0 Å². The maximum absolute atomic E-state index is 11.5. The number of aliphatic carboxylic acids is 2. The van der Waals surface area contributed by atoms with Crippen molar-refractivity contribution in [2.45, 2.75) is 12.8 Å². The quantitative estimate of drug-likeness (QED) is 0.536. The molecule has 0 saturated heterocycles. The first kappa shape index (κ1) is 15.1. The van der Waals surface area contributed by atoms with Crippen LogP contribution in [0.15, 0.2) is 47.1 Å². The minimum absolute atomic E-state index is 0.153. The molecule has 0 aromatic carbocycles. The van der Waals surface area contributed by atoms with Gasteiger partial charge in [-0.15, -0.1) is 0 Å². The number of rotatable bonds is 3. The van der Waals surface area contributed by atoms with Gasteiger partial charge >= 0.3 is 11.9 Å². The Morgan fingerprint density at radius 1 is 1.36 bits per heavy atom. The van der Waals surface area contributed by atoms with Crippen LogP contribution in [-0.2, 0) is 9.59 Å². The van der Waals surface area contributed by atoms with Crippen LogP contribution in [0.5, 0.6) is 0 Å². The van der Waals surface area contributed by atoms with Gasteiger partial charge in [0.1, 0.15) is 11.8 Å². The molecule has 1 aliphatic rings. The molecular weight excluding hydrogens is 290 g/mol. The Balaban J connectivity index is 2.76. The van der Waals surface area contributed by atoms with Crippen LogP contribution in [-0.4, -0.2) is 22.2 Å². The molecule has 2 heterocycles. The lowest BCUT2D eigenvalue weighted by Gasteiger charge is -2.26. The average molecular weight is 301 g/mol. The van der Waals surface area contributed by atoms with E-state index in [0.29, 0.717) is 4.73 Å². The van der Waals surface area contributed by atoms with E-state index >= 15 is 0 Å². The van der Waals surface area contributed by atoms with E-state index in [4.69, 9.17) is 5.26 Å². The van der Waals surface area contributed by atoms with Gasteiger partial charge < -0.3 is 20.7 Å². The van der Waals surface area contributed by atoms with Crippen LogP contribution >= 0.6 is 0 Å². The van der Waals surface area contributed by atoms with Crippen LogP contribution in [0.2, 0.25) is 0 Å². The van der Waals surface area contributed by atoms with E-state index in [2.05, 4.69) is 5.32 Å². The number of hydrogen-bond donors (Lipinski definition) is 3. The van der Waals surface area contributed by atoms with Gasteiger partial charge in [0, 0.05) is 17.3 Å². The van der Waals surface area contributed by atoms with Gasteiger partial charge in [0.2, 0.25) is 0 Å². The molecule has 2 rings (SSSR count). The largest absolute Gasteiger partial charge is 0.619 e. The Kier molecular flexibility index (Phi) is 3.81. The summed E-state index contributed by atoms with van der Waals surface area (Å²) < 4.78 is 0.442. The Morgan fingerprint density at radius 3 is 2.50 bits per heavy atom. The zero-order valence-corrected chi connectivity index (χ0v) is 11.4. The third-order valence-corrected chi connectivity index (χ3v) is 3.27. The number of hydrogen-bond acceptors (Lipinski definition) is 5. The smallest absolute Gasteiger partial charge is 0.335 e. The van der Waals surface area contributed by atoms with Crippen molar-refractivity contribution in [1.82, 2.24) is 5.32 Å². The van der Waals surface area contributed by atoms with E-state index < -0.39 is 23.4 Å². The molecule has 1 atom stereocenters. The fourth-order valence-electron chi connectivity index (χ4n) is 2.41. The number of nitrogens with zero attached hydrogens (tertiary/aromatic N) is 2. The standard InChI is InChI=1S/C14H11N3O5/c1-7-10(13(18)19)11(8-3-2-4-17(22)6-8)12(14(20)21)9(5-15)16-7/h2-4,6,11,16H,1H3,(H,18,19)(H,20,21). The second kappa shape index (κ2) is 5.57.